The average molecular weight is 316 g/mol. The predicted octanol–water partition coefficient (Wildman–Crippen LogP) is 2.87. The molecule has 4 heteroatoms. The van der Waals surface area contributed by atoms with Crippen LogP contribution in [0.2, 0.25) is 0 Å². The van der Waals surface area contributed by atoms with Gasteiger partial charge < -0.3 is 4.90 Å². The summed E-state index contributed by atoms with van der Waals surface area (Å²) < 4.78 is 0. The Morgan fingerprint density at radius 2 is 1.87 bits per heavy atom. The Kier molecular flexibility index (Phi) is 5.25. The van der Waals surface area contributed by atoms with Crippen LogP contribution in [-0.2, 0) is 11.3 Å². The fourth-order valence-corrected chi connectivity index (χ4v) is 3.81. The molecule has 0 N–H and O–H groups in total. The van der Waals surface area contributed by atoms with Gasteiger partial charge in [-0.2, -0.15) is 0 Å². The first kappa shape index (κ1) is 17.7. The molecule has 1 heterocycles. The number of hydrogen-bond donors (Lipinski definition) is 0. The second-order valence-electron chi connectivity index (χ2n) is 6.91. The van der Waals surface area contributed by atoms with Crippen molar-refractivity contribution in [3.63, 3.8) is 0 Å². The van der Waals surface area contributed by atoms with Crippen molar-refractivity contribution in [1.29, 1.82) is 0 Å². The maximum absolute atomic E-state index is 12.4. The van der Waals surface area contributed by atoms with E-state index >= 15 is 0 Å². The van der Waals surface area contributed by atoms with Crippen LogP contribution in [0.3, 0.4) is 0 Å². The van der Waals surface area contributed by atoms with Crippen molar-refractivity contribution >= 4 is 11.7 Å². The third-order valence-electron chi connectivity index (χ3n) is 4.93. The van der Waals surface area contributed by atoms with Crippen molar-refractivity contribution in [2.24, 2.45) is 0 Å². The monoisotopic (exact) mass is 316 g/mol. The molecule has 1 aromatic carbocycles. The van der Waals surface area contributed by atoms with Gasteiger partial charge in [0.05, 0.1) is 6.04 Å². The molecule has 1 atom stereocenters. The number of likely N-dealkylation sites (N-methyl/N-ethyl adjacent to an activating group) is 1. The lowest BCUT2D eigenvalue weighted by Gasteiger charge is -2.28. The molecular formula is C19H28N2O2. The summed E-state index contributed by atoms with van der Waals surface area (Å²) in [5.74, 6) is 0.292. The van der Waals surface area contributed by atoms with E-state index in [9.17, 15) is 9.59 Å². The molecule has 1 amide bonds. The van der Waals surface area contributed by atoms with Gasteiger partial charge in [-0.15, -0.1) is 0 Å². The van der Waals surface area contributed by atoms with E-state index in [1.54, 1.807) is 11.8 Å². The van der Waals surface area contributed by atoms with Crippen LogP contribution in [0.5, 0.6) is 0 Å². The molecule has 2 rings (SSSR count). The maximum Gasteiger partial charge on any atom is 0.239 e. The van der Waals surface area contributed by atoms with Crippen LogP contribution in [0.25, 0.3) is 0 Å². The van der Waals surface area contributed by atoms with Gasteiger partial charge in [0.1, 0.15) is 0 Å². The van der Waals surface area contributed by atoms with Gasteiger partial charge in [-0.25, -0.2) is 0 Å². The molecule has 126 valence electrons. The van der Waals surface area contributed by atoms with Gasteiger partial charge in [0.15, 0.2) is 5.78 Å². The number of hydrogen-bond acceptors (Lipinski definition) is 3. The number of likely N-dealkylation sites (tertiary alicyclic amines) is 1. The Morgan fingerprint density at radius 1 is 1.22 bits per heavy atom. The molecule has 1 aliphatic rings. The third kappa shape index (κ3) is 3.47. The summed E-state index contributed by atoms with van der Waals surface area (Å²) in [4.78, 5) is 28.3. The zero-order chi connectivity index (χ0) is 17.3. The van der Waals surface area contributed by atoms with Crippen LogP contribution in [0, 0.1) is 20.8 Å². The molecule has 1 fully saturated rings. The Morgan fingerprint density at radius 3 is 2.43 bits per heavy atom. The molecule has 0 radical (unpaired) electrons. The first-order valence-electron chi connectivity index (χ1n) is 8.29. The summed E-state index contributed by atoms with van der Waals surface area (Å²) in [6.45, 7) is 9.43. The fourth-order valence-electron chi connectivity index (χ4n) is 3.81. The van der Waals surface area contributed by atoms with Crippen molar-refractivity contribution in [3.8, 4) is 0 Å². The molecule has 1 unspecified atom stereocenters. The largest absolute Gasteiger partial charge is 0.347 e. The van der Waals surface area contributed by atoms with E-state index in [1.165, 1.54) is 11.1 Å². The van der Waals surface area contributed by atoms with Crippen molar-refractivity contribution < 1.29 is 9.59 Å². The number of benzene rings is 1. The van der Waals surface area contributed by atoms with Crippen LogP contribution >= 0.6 is 0 Å². The maximum atomic E-state index is 12.4. The van der Waals surface area contributed by atoms with E-state index in [0.717, 1.165) is 42.6 Å². The first-order chi connectivity index (χ1) is 10.7. The van der Waals surface area contributed by atoms with Gasteiger partial charge in [0.25, 0.3) is 0 Å². The second-order valence-corrected chi connectivity index (χ2v) is 6.91. The van der Waals surface area contributed by atoms with Gasteiger partial charge >= 0.3 is 0 Å². The number of carbonyl (C=O) groups excluding carboxylic acids is 2. The highest BCUT2D eigenvalue weighted by atomic mass is 16.2. The summed E-state index contributed by atoms with van der Waals surface area (Å²) in [5, 5.41) is 0. The average Bonchev–Trinajstić information content (AvgIpc) is 2.89. The molecule has 0 aliphatic carbocycles. The molecule has 0 aromatic heterocycles. The number of rotatable bonds is 4. The van der Waals surface area contributed by atoms with E-state index < -0.39 is 0 Å². The quantitative estimate of drug-likeness (QED) is 0.802. The summed E-state index contributed by atoms with van der Waals surface area (Å²) in [7, 11) is 3.63. The lowest BCUT2D eigenvalue weighted by atomic mass is 9.91. The molecule has 1 aromatic rings. The van der Waals surface area contributed by atoms with Gasteiger partial charge in [0.2, 0.25) is 5.91 Å². The van der Waals surface area contributed by atoms with Crippen molar-refractivity contribution in [2.75, 3.05) is 20.6 Å². The smallest absolute Gasteiger partial charge is 0.239 e. The van der Waals surface area contributed by atoms with Crippen LogP contribution in [-0.4, -0.2) is 48.2 Å². The van der Waals surface area contributed by atoms with E-state index in [2.05, 4.69) is 17.9 Å². The van der Waals surface area contributed by atoms with Crippen LogP contribution in [0.1, 0.15) is 52.4 Å². The van der Waals surface area contributed by atoms with Crippen molar-refractivity contribution in [1.82, 2.24) is 9.80 Å². The number of amides is 1. The molecule has 0 bridgehead atoms. The van der Waals surface area contributed by atoms with E-state index in [4.69, 9.17) is 0 Å². The molecule has 4 nitrogen and oxygen atoms in total. The molecule has 1 aliphatic heterocycles. The highest BCUT2D eigenvalue weighted by Gasteiger charge is 2.32. The lowest BCUT2D eigenvalue weighted by Crippen LogP contribution is -2.42. The summed E-state index contributed by atoms with van der Waals surface area (Å²) in [6.07, 6.45) is 1.97. The summed E-state index contributed by atoms with van der Waals surface area (Å²) >= 11 is 0. The normalized spacial score (nSPS) is 18.3. The predicted molar refractivity (Wildman–Crippen MR) is 92.8 cm³/mol. The lowest BCUT2D eigenvalue weighted by molar-refractivity contribution is -0.133. The van der Waals surface area contributed by atoms with Gasteiger partial charge in [0, 0.05) is 26.2 Å². The second kappa shape index (κ2) is 6.83. The van der Waals surface area contributed by atoms with E-state index in [1.807, 2.05) is 27.9 Å². The van der Waals surface area contributed by atoms with E-state index in [-0.39, 0.29) is 17.7 Å². The zero-order valence-corrected chi connectivity index (χ0v) is 15.2. The highest BCUT2D eigenvalue weighted by Crippen LogP contribution is 2.27. The molecule has 0 saturated carbocycles. The van der Waals surface area contributed by atoms with E-state index in [0.29, 0.717) is 0 Å². The number of Topliss-reactive ketones (excluding diaryl/α,β-unsaturated/α-hetero) is 1. The topological polar surface area (TPSA) is 40.6 Å². The van der Waals surface area contributed by atoms with Crippen molar-refractivity contribution in [3.05, 3.63) is 33.9 Å². The Bertz CT molecular complexity index is 635. The Hall–Kier alpha value is -1.68. The number of carbonyl (C=O) groups is 2. The SMILES string of the molecule is CC(=O)c1c(C)cc(C)c(CN2CCCC2C(=O)N(C)C)c1C. The molecular weight excluding hydrogens is 288 g/mol. The minimum absolute atomic E-state index is 0.0362. The van der Waals surface area contributed by atoms with Crippen molar-refractivity contribution in [2.45, 2.75) is 53.1 Å². The summed E-state index contributed by atoms with van der Waals surface area (Å²) in [5.41, 5.74) is 5.34. The van der Waals surface area contributed by atoms with Crippen LogP contribution in [0.4, 0.5) is 0 Å². The molecule has 23 heavy (non-hydrogen) atoms. The third-order valence-corrected chi connectivity index (χ3v) is 4.93. The molecule has 0 spiro atoms. The molecule has 1 saturated heterocycles. The summed E-state index contributed by atoms with van der Waals surface area (Å²) in [6, 6.07) is 2.06. The minimum Gasteiger partial charge on any atom is -0.347 e. The number of nitrogens with zero attached hydrogens (tertiary/aromatic N) is 2. The van der Waals surface area contributed by atoms with Crippen LogP contribution < -0.4 is 0 Å². The highest BCUT2D eigenvalue weighted by molar-refractivity contribution is 5.97. The zero-order valence-electron chi connectivity index (χ0n) is 15.2. The fraction of sp³-hybridized carbons (Fsp3) is 0.579. The Balaban J connectivity index is 2.35. The Labute approximate surface area is 139 Å². The number of aryl methyl sites for hydroxylation is 2. The van der Waals surface area contributed by atoms with Gasteiger partial charge in [-0.3, -0.25) is 14.5 Å². The standard InChI is InChI=1S/C19H28N2O2/c1-12-10-13(2)18(15(4)22)14(3)16(12)11-21-9-7-8-17(21)19(23)20(5)6/h10,17H,7-9,11H2,1-6H3. The van der Waals surface area contributed by atoms with Crippen LogP contribution in [0.15, 0.2) is 6.07 Å². The van der Waals surface area contributed by atoms with Gasteiger partial charge in [-0.1, -0.05) is 6.07 Å². The number of ketones is 1. The first-order valence-corrected chi connectivity index (χ1v) is 8.29. The van der Waals surface area contributed by atoms with Gasteiger partial charge in [-0.05, 0) is 69.3 Å². The minimum atomic E-state index is -0.0362.